The zero-order valence-corrected chi connectivity index (χ0v) is 11.8. The van der Waals surface area contributed by atoms with Gasteiger partial charge < -0.3 is 5.32 Å². The van der Waals surface area contributed by atoms with E-state index in [0.29, 0.717) is 17.9 Å². The van der Waals surface area contributed by atoms with E-state index in [1.165, 1.54) is 16.6 Å². The van der Waals surface area contributed by atoms with Gasteiger partial charge in [-0.25, -0.2) is 0 Å². The van der Waals surface area contributed by atoms with Crippen LogP contribution in [-0.4, -0.2) is 22.9 Å². The molecule has 0 aliphatic carbocycles. The SMILES string of the molecule is CC1CNCCC1c1c(Br)cnn1C(C)C. The second kappa shape index (κ2) is 4.88. The molecular formula is C12H20BrN3. The summed E-state index contributed by atoms with van der Waals surface area (Å²) in [5, 5.41) is 7.92. The Bertz CT molecular complexity index is 359. The summed E-state index contributed by atoms with van der Waals surface area (Å²) in [6.45, 7) is 8.93. The van der Waals surface area contributed by atoms with Crippen LogP contribution in [0.3, 0.4) is 0 Å². The molecule has 0 saturated carbocycles. The van der Waals surface area contributed by atoms with Crippen molar-refractivity contribution in [3.8, 4) is 0 Å². The summed E-state index contributed by atoms with van der Waals surface area (Å²) in [7, 11) is 0. The fraction of sp³-hybridized carbons (Fsp3) is 0.750. The average Bonchev–Trinajstić information content (AvgIpc) is 2.61. The highest BCUT2D eigenvalue weighted by molar-refractivity contribution is 9.10. The van der Waals surface area contributed by atoms with Crippen LogP contribution < -0.4 is 5.32 Å². The topological polar surface area (TPSA) is 29.9 Å². The minimum Gasteiger partial charge on any atom is -0.316 e. The van der Waals surface area contributed by atoms with Crippen LogP contribution in [-0.2, 0) is 0 Å². The van der Waals surface area contributed by atoms with E-state index in [9.17, 15) is 0 Å². The number of nitrogens with zero attached hydrogens (tertiary/aromatic N) is 2. The van der Waals surface area contributed by atoms with Gasteiger partial charge in [0.25, 0.3) is 0 Å². The van der Waals surface area contributed by atoms with Crippen LogP contribution in [0.25, 0.3) is 0 Å². The molecule has 1 aliphatic rings. The molecule has 0 spiro atoms. The zero-order valence-electron chi connectivity index (χ0n) is 10.2. The first-order valence-corrected chi connectivity index (χ1v) is 6.84. The first-order valence-electron chi connectivity index (χ1n) is 6.05. The van der Waals surface area contributed by atoms with Crippen LogP contribution in [0.15, 0.2) is 10.7 Å². The molecule has 1 saturated heterocycles. The predicted molar refractivity (Wildman–Crippen MR) is 69.7 cm³/mol. The van der Waals surface area contributed by atoms with Crippen LogP contribution >= 0.6 is 15.9 Å². The number of aromatic nitrogens is 2. The molecule has 1 N–H and O–H groups in total. The van der Waals surface area contributed by atoms with Gasteiger partial charge in [0.2, 0.25) is 0 Å². The molecule has 2 rings (SSSR count). The van der Waals surface area contributed by atoms with Crippen LogP contribution in [0, 0.1) is 5.92 Å². The Labute approximate surface area is 106 Å². The summed E-state index contributed by atoms with van der Waals surface area (Å²) in [6, 6.07) is 0.434. The van der Waals surface area contributed by atoms with E-state index in [1.807, 2.05) is 6.20 Å². The molecule has 1 aliphatic heterocycles. The largest absolute Gasteiger partial charge is 0.316 e. The first kappa shape index (κ1) is 12.1. The van der Waals surface area contributed by atoms with Crippen molar-refractivity contribution >= 4 is 15.9 Å². The lowest BCUT2D eigenvalue weighted by Crippen LogP contribution is -2.35. The maximum absolute atomic E-state index is 4.47. The van der Waals surface area contributed by atoms with Gasteiger partial charge in [0, 0.05) is 12.0 Å². The Morgan fingerprint density at radius 2 is 2.31 bits per heavy atom. The Hall–Kier alpha value is -0.350. The fourth-order valence-corrected chi connectivity index (χ4v) is 3.10. The van der Waals surface area contributed by atoms with E-state index < -0.39 is 0 Å². The lowest BCUT2D eigenvalue weighted by atomic mass is 9.85. The van der Waals surface area contributed by atoms with E-state index in [2.05, 4.69) is 51.8 Å². The van der Waals surface area contributed by atoms with Crippen molar-refractivity contribution in [2.45, 2.75) is 39.2 Å². The highest BCUT2D eigenvalue weighted by Gasteiger charge is 2.28. The molecular weight excluding hydrogens is 266 g/mol. The summed E-state index contributed by atoms with van der Waals surface area (Å²) in [6.07, 6.45) is 3.14. The normalized spacial score (nSPS) is 26.3. The van der Waals surface area contributed by atoms with E-state index >= 15 is 0 Å². The summed E-state index contributed by atoms with van der Waals surface area (Å²) in [4.78, 5) is 0. The molecule has 2 heterocycles. The molecule has 0 amide bonds. The molecule has 1 aromatic heterocycles. The Morgan fingerprint density at radius 3 is 2.94 bits per heavy atom. The molecule has 4 heteroatoms. The molecule has 16 heavy (non-hydrogen) atoms. The van der Waals surface area contributed by atoms with Crippen molar-refractivity contribution < 1.29 is 0 Å². The lowest BCUT2D eigenvalue weighted by molar-refractivity contribution is 0.325. The third-order valence-corrected chi connectivity index (χ3v) is 4.02. The second-order valence-electron chi connectivity index (χ2n) is 4.99. The molecule has 3 nitrogen and oxygen atoms in total. The Kier molecular flexibility index (Phi) is 3.70. The fourth-order valence-electron chi connectivity index (χ4n) is 2.53. The van der Waals surface area contributed by atoms with Gasteiger partial charge in [-0.2, -0.15) is 5.10 Å². The maximum Gasteiger partial charge on any atom is 0.0635 e. The van der Waals surface area contributed by atoms with E-state index in [-0.39, 0.29) is 0 Å². The first-order chi connectivity index (χ1) is 7.61. The molecule has 2 unspecified atom stereocenters. The summed E-state index contributed by atoms with van der Waals surface area (Å²) in [5.41, 5.74) is 1.38. The number of halogens is 1. The van der Waals surface area contributed by atoms with Gasteiger partial charge in [-0.15, -0.1) is 0 Å². The minimum absolute atomic E-state index is 0.434. The molecule has 90 valence electrons. The Balaban J connectivity index is 2.33. The van der Waals surface area contributed by atoms with E-state index in [1.54, 1.807) is 0 Å². The predicted octanol–water partition coefficient (Wildman–Crippen LogP) is 2.94. The molecule has 2 atom stereocenters. The molecule has 0 bridgehead atoms. The van der Waals surface area contributed by atoms with Gasteiger partial charge in [-0.3, -0.25) is 4.68 Å². The van der Waals surface area contributed by atoms with Gasteiger partial charge in [0.05, 0.1) is 16.4 Å². The third-order valence-electron chi connectivity index (χ3n) is 3.41. The van der Waals surface area contributed by atoms with Gasteiger partial charge in [-0.1, -0.05) is 6.92 Å². The zero-order chi connectivity index (χ0) is 11.7. The van der Waals surface area contributed by atoms with E-state index in [4.69, 9.17) is 0 Å². The summed E-state index contributed by atoms with van der Waals surface area (Å²) in [5.74, 6) is 1.31. The van der Waals surface area contributed by atoms with Crippen LogP contribution in [0.5, 0.6) is 0 Å². The van der Waals surface area contributed by atoms with Crippen molar-refractivity contribution in [3.05, 3.63) is 16.4 Å². The monoisotopic (exact) mass is 285 g/mol. The smallest absolute Gasteiger partial charge is 0.0635 e. The van der Waals surface area contributed by atoms with Crippen molar-refractivity contribution in [1.29, 1.82) is 0 Å². The van der Waals surface area contributed by atoms with Crippen molar-refractivity contribution in [2.24, 2.45) is 5.92 Å². The summed E-state index contributed by atoms with van der Waals surface area (Å²) >= 11 is 3.64. The lowest BCUT2D eigenvalue weighted by Gasteiger charge is -2.31. The number of nitrogens with one attached hydrogen (secondary N) is 1. The van der Waals surface area contributed by atoms with Crippen LogP contribution in [0.1, 0.15) is 44.8 Å². The average molecular weight is 286 g/mol. The number of hydrogen-bond acceptors (Lipinski definition) is 2. The molecule has 0 radical (unpaired) electrons. The van der Waals surface area contributed by atoms with Gasteiger partial charge in [0.1, 0.15) is 0 Å². The van der Waals surface area contributed by atoms with E-state index in [0.717, 1.165) is 13.1 Å². The number of piperidine rings is 1. The highest BCUT2D eigenvalue weighted by atomic mass is 79.9. The standard InChI is InChI=1S/C12H20BrN3/c1-8(2)16-12(11(13)7-15-16)10-4-5-14-6-9(10)3/h7-10,14H,4-6H2,1-3H3. The minimum atomic E-state index is 0.434. The van der Waals surface area contributed by atoms with Crippen molar-refractivity contribution in [2.75, 3.05) is 13.1 Å². The maximum atomic E-state index is 4.47. The van der Waals surface area contributed by atoms with Gasteiger partial charge in [-0.05, 0) is 55.2 Å². The number of hydrogen-bond donors (Lipinski definition) is 1. The molecule has 1 aromatic rings. The third kappa shape index (κ3) is 2.18. The quantitative estimate of drug-likeness (QED) is 0.906. The second-order valence-corrected chi connectivity index (χ2v) is 5.85. The number of rotatable bonds is 2. The molecule has 0 aromatic carbocycles. The Morgan fingerprint density at radius 1 is 1.56 bits per heavy atom. The van der Waals surface area contributed by atoms with Gasteiger partial charge in [0.15, 0.2) is 0 Å². The van der Waals surface area contributed by atoms with Crippen molar-refractivity contribution in [3.63, 3.8) is 0 Å². The van der Waals surface area contributed by atoms with Gasteiger partial charge >= 0.3 is 0 Å². The van der Waals surface area contributed by atoms with Crippen LogP contribution in [0.4, 0.5) is 0 Å². The highest BCUT2D eigenvalue weighted by Crippen LogP contribution is 2.35. The molecule has 1 fully saturated rings. The van der Waals surface area contributed by atoms with Crippen LogP contribution in [0.2, 0.25) is 0 Å². The van der Waals surface area contributed by atoms with Crippen molar-refractivity contribution in [1.82, 2.24) is 15.1 Å². The summed E-state index contributed by atoms with van der Waals surface area (Å²) < 4.78 is 3.33.